The zero-order valence-corrected chi connectivity index (χ0v) is 8.90. The maximum absolute atomic E-state index is 2.33. The SMILES string of the molecule is CCC1C=Cc2cccc3cccc1c23.[SiH4]. The average molecular weight is 226 g/mol. The second-order valence-electron chi connectivity index (χ2n) is 4.17. The molecule has 1 atom stereocenters. The van der Waals surface area contributed by atoms with Gasteiger partial charge in [0.2, 0.25) is 0 Å². The van der Waals surface area contributed by atoms with Gasteiger partial charge in [-0.3, -0.25) is 0 Å². The van der Waals surface area contributed by atoms with E-state index in [1.54, 1.807) is 0 Å². The summed E-state index contributed by atoms with van der Waals surface area (Å²) in [5, 5.41) is 2.82. The smallest absolute Gasteiger partial charge is 0.00250 e. The Bertz CT molecular complexity index is 535. The highest BCUT2D eigenvalue weighted by Crippen LogP contribution is 2.35. The zero-order valence-electron chi connectivity index (χ0n) is 8.90. The molecule has 0 fully saturated rings. The second-order valence-corrected chi connectivity index (χ2v) is 4.17. The van der Waals surface area contributed by atoms with Crippen molar-refractivity contribution in [2.24, 2.45) is 0 Å². The fourth-order valence-electron chi connectivity index (χ4n) is 2.53. The Hall–Kier alpha value is -1.34. The van der Waals surface area contributed by atoms with Crippen LogP contribution in [0.2, 0.25) is 0 Å². The molecule has 0 aromatic heterocycles. The zero-order chi connectivity index (χ0) is 10.3. The lowest BCUT2D eigenvalue weighted by atomic mass is 9.85. The minimum atomic E-state index is 0. The van der Waals surface area contributed by atoms with Gasteiger partial charge in [0.25, 0.3) is 0 Å². The Labute approximate surface area is 101 Å². The third-order valence-electron chi connectivity index (χ3n) is 3.32. The van der Waals surface area contributed by atoms with Crippen LogP contribution in [0.3, 0.4) is 0 Å². The Balaban J connectivity index is 0.000000963. The van der Waals surface area contributed by atoms with E-state index in [9.17, 15) is 0 Å². The lowest BCUT2D eigenvalue weighted by Gasteiger charge is -2.19. The molecule has 0 aliphatic heterocycles. The Morgan fingerprint density at radius 2 is 1.81 bits per heavy atom. The quantitative estimate of drug-likeness (QED) is 0.656. The fraction of sp³-hybridized carbons (Fsp3) is 0.200. The summed E-state index contributed by atoms with van der Waals surface area (Å²) >= 11 is 0. The Kier molecular flexibility index (Phi) is 2.97. The van der Waals surface area contributed by atoms with Crippen LogP contribution in [-0.2, 0) is 0 Å². The molecular formula is C15H18Si. The van der Waals surface area contributed by atoms with Crippen LogP contribution in [0.5, 0.6) is 0 Å². The average Bonchev–Trinajstić information content (AvgIpc) is 2.30. The summed E-state index contributed by atoms with van der Waals surface area (Å²) in [6.07, 6.45) is 5.78. The summed E-state index contributed by atoms with van der Waals surface area (Å²) in [4.78, 5) is 0. The number of rotatable bonds is 1. The predicted octanol–water partition coefficient (Wildman–Crippen LogP) is 2.91. The van der Waals surface area contributed by atoms with Crippen molar-refractivity contribution in [2.45, 2.75) is 19.3 Å². The van der Waals surface area contributed by atoms with Gasteiger partial charge in [-0.15, -0.1) is 0 Å². The van der Waals surface area contributed by atoms with Crippen LogP contribution in [0.4, 0.5) is 0 Å². The van der Waals surface area contributed by atoms with Gasteiger partial charge in [-0.05, 0) is 39.3 Å². The minimum Gasteiger partial charge on any atom is -0.0764 e. The largest absolute Gasteiger partial charge is 0.0764 e. The molecule has 0 nitrogen and oxygen atoms in total. The highest BCUT2D eigenvalue weighted by atomic mass is 28.1. The minimum absolute atomic E-state index is 0. The number of hydrogen-bond acceptors (Lipinski definition) is 0. The molecule has 0 amide bonds. The van der Waals surface area contributed by atoms with Crippen molar-refractivity contribution < 1.29 is 0 Å². The monoisotopic (exact) mass is 226 g/mol. The normalized spacial score (nSPS) is 17.2. The summed E-state index contributed by atoms with van der Waals surface area (Å²) in [6.45, 7) is 2.25. The molecule has 2 aromatic rings. The molecule has 0 heterocycles. The Morgan fingerprint density at radius 3 is 2.56 bits per heavy atom. The highest BCUT2D eigenvalue weighted by molar-refractivity contribution is 5.95. The van der Waals surface area contributed by atoms with Gasteiger partial charge < -0.3 is 0 Å². The van der Waals surface area contributed by atoms with Gasteiger partial charge in [0.15, 0.2) is 0 Å². The van der Waals surface area contributed by atoms with E-state index in [4.69, 9.17) is 0 Å². The first-order chi connectivity index (χ1) is 7.40. The summed E-state index contributed by atoms with van der Waals surface area (Å²) in [7, 11) is 0. The first-order valence-electron chi connectivity index (χ1n) is 5.60. The van der Waals surface area contributed by atoms with Crippen molar-refractivity contribution in [3.63, 3.8) is 0 Å². The van der Waals surface area contributed by atoms with Gasteiger partial charge in [-0.2, -0.15) is 0 Å². The van der Waals surface area contributed by atoms with Crippen molar-refractivity contribution in [2.75, 3.05) is 0 Å². The first-order valence-corrected chi connectivity index (χ1v) is 5.60. The van der Waals surface area contributed by atoms with Gasteiger partial charge in [0.1, 0.15) is 0 Å². The highest BCUT2D eigenvalue weighted by Gasteiger charge is 2.14. The number of benzene rings is 2. The standard InChI is InChI=1S/C15H14.H4Si/c1-2-11-9-10-13-6-3-5-12-7-4-8-14(11)15(12)13;/h3-11H,2H2,1H3;1H4. The third-order valence-corrected chi connectivity index (χ3v) is 3.32. The molecule has 82 valence electrons. The van der Waals surface area contributed by atoms with E-state index in [0.29, 0.717) is 5.92 Å². The van der Waals surface area contributed by atoms with Gasteiger partial charge in [-0.25, -0.2) is 0 Å². The van der Waals surface area contributed by atoms with Crippen molar-refractivity contribution in [3.8, 4) is 0 Å². The number of allylic oxidation sites excluding steroid dienone is 1. The van der Waals surface area contributed by atoms with E-state index >= 15 is 0 Å². The maximum atomic E-state index is 2.33. The van der Waals surface area contributed by atoms with Gasteiger partial charge in [-0.1, -0.05) is 55.5 Å². The summed E-state index contributed by atoms with van der Waals surface area (Å²) in [5.41, 5.74) is 2.86. The van der Waals surface area contributed by atoms with E-state index in [-0.39, 0.29) is 11.0 Å². The van der Waals surface area contributed by atoms with Gasteiger partial charge in [0, 0.05) is 5.92 Å². The molecule has 1 aliphatic rings. The van der Waals surface area contributed by atoms with E-state index in [1.807, 2.05) is 0 Å². The molecular weight excluding hydrogens is 208 g/mol. The van der Waals surface area contributed by atoms with E-state index < -0.39 is 0 Å². The molecule has 0 N–H and O–H groups in total. The molecule has 2 aromatic carbocycles. The molecule has 3 rings (SSSR count). The lowest BCUT2D eigenvalue weighted by molar-refractivity contribution is 0.812. The molecule has 0 bridgehead atoms. The second kappa shape index (κ2) is 4.26. The summed E-state index contributed by atoms with van der Waals surface area (Å²) < 4.78 is 0. The van der Waals surface area contributed by atoms with Crippen molar-refractivity contribution in [3.05, 3.63) is 53.6 Å². The topological polar surface area (TPSA) is 0 Å². The first kappa shape index (κ1) is 11.2. The van der Waals surface area contributed by atoms with Crippen molar-refractivity contribution in [1.29, 1.82) is 0 Å². The van der Waals surface area contributed by atoms with E-state index in [1.165, 1.54) is 28.3 Å². The molecule has 0 saturated carbocycles. The fourth-order valence-corrected chi connectivity index (χ4v) is 2.53. The molecule has 1 unspecified atom stereocenters. The van der Waals surface area contributed by atoms with Crippen molar-refractivity contribution in [1.82, 2.24) is 0 Å². The van der Waals surface area contributed by atoms with Crippen LogP contribution in [0.25, 0.3) is 16.8 Å². The summed E-state index contributed by atoms with van der Waals surface area (Å²) in [6, 6.07) is 13.2. The maximum Gasteiger partial charge on any atom is 0.00250 e. The Morgan fingerprint density at radius 1 is 1.06 bits per heavy atom. The summed E-state index contributed by atoms with van der Waals surface area (Å²) in [5.74, 6) is 0.601. The molecule has 1 heteroatoms. The van der Waals surface area contributed by atoms with Crippen LogP contribution < -0.4 is 0 Å². The molecule has 16 heavy (non-hydrogen) atoms. The lowest BCUT2D eigenvalue weighted by Crippen LogP contribution is -1.99. The van der Waals surface area contributed by atoms with Gasteiger partial charge >= 0.3 is 0 Å². The van der Waals surface area contributed by atoms with E-state index in [2.05, 4.69) is 55.5 Å². The molecule has 1 aliphatic carbocycles. The van der Waals surface area contributed by atoms with Crippen LogP contribution in [0.15, 0.2) is 42.5 Å². The molecule has 0 spiro atoms. The van der Waals surface area contributed by atoms with Crippen LogP contribution in [0.1, 0.15) is 30.4 Å². The van der Waals surface area contributed by atoms with Crippen molar-refractivity contribution >= 4 is 27.8 Å². The third kappa shape index (κ3) is 1.52. The van der Waals surface area contributed by atoms with Crippen LogP contribution in [0, 0.1) is 0 Å². The molecule has 0 saturated heterocycles. The van der Waals surface area contributed by atoms with Crippen LogP contribution >= 0.6 is 0 Å². The van der Waals surface area contributed by atoms with Gasteiger partial charge in [0.05, 0.1) is 0 Å². The van der Waals surface area contributed by atoms with E-state index in [0.717, 1.165) is 0 Å². The van der Waals surface area contributed by atoms with Crippen LogP contribution in [-0.4, -0.2) is 11.0 Å². The number of hydrogen-bond donors (Lipinski definition) is 0. The predicted molar refractivity (Wildman–Crippen MR) is 77.3 cm³/mol. The molecule has 0 radical (unpaired) electrons.